The number of nitrogens with one attached hydrogen (secondary N) is 1. The summed E-state index contributed by atoms with van der Waals surface area (Å²) in [7, 11) is 0. The quantitative estimate of drug-likeness (QED) is 0.843. The lowest BCUT2D eigenvalue weighted by molar-refractivity contribution is 0.104. The molecule has 1 atom stereocenters. The molecule has 1 aliphatic rings. The normalized spacial score (nSPS) is 17.6. The lowest BCUT2D eigenvalue weighted by Crippen LogP contribution is -2.44. The van der Waals surface area contributed by atoms with Crippen molar-refractivity contribution in [3.8, 4) is 11.5 Å². The van der Waals surface area contributed by atoms with Crippen LogP contribution < -0.4 is 10.1 Å². The van der Waals surface area contributed by atoms with Crippen LogP contribution in [0.2, 0.25) is 0 Å². The first kappa shape index (κ1) is 15.8. The number of thiocarbonyl (C=S) groups is 1. The molecule has 4 nitrogen and oxygen atoms in total. The van der Waals surface area contributed by atoms with Crippen LogP contribution in [0, 0.1) is 0 Å². The summed E-state index contributed by atoms with van der Waals surface area (Å²) < 4.78 is 5.76. The fourth-order valence-electron chi connectivity index (χ4n) is 2.57. The van der Waals surface area contributed by atoms with Crippen molar-refractivity contribution in [2.45, 2.75) is 18.9 Å². The summed E-state index contributed by atoms with van der Waals surface area (Å²) in [6.45, 7) is 1.49. The molecule has 0 radical (unpaired) electrons. The molecule has 2 aromatic carbocycles. The number of ether oxygens (including phenoxy) is 1. The van der Waals surface area contributed by atoms with Crippen LogP contribution in [0.15, 0.2) is 54.6 Å². The van der Waals surface area contributed by atoms with Gasteiger partial charge >= 0.3 is 0 Å². The molecule has 23 heavy (non-hydrogen) atoms. The molecule has 120 valence electrons. The maximum absolute atomic E-state index is 9.73. The molecule has 1 fully saturated rings. The highest BCUT2D eigenvalue weighted by molar-refractivity contribution is 7.80. The van der Waals surface area contributed by atoms with Crippen LogP contribution in [0.25, 0.3) is 0 Å². The van der Waals surface area contributed by atoms with E-state index in [4.69, 9.17) is 17.0 Å². The van der Waals surface area contributed by atoms with Gasteiger partial charge in [0.15, 0.2) is 5.11 Å². The first-order chi connectivity index (χ1) is 11.2. The third-order valence-electron chi connectivity index (χ3n) is 3.77. The van der Waals surface area contributed by atoms with Gasteiger partial charge in [-0.1, -0.05) is 18.2 Å². The van der Waals surface area contributed by atoms with E-state index >= 15 is 0 Å². The van der Waals surface area contributed by atoms with Crippen molar-refractivity contribution in [3.05, 3.63) is 54.6 Å². The highest BCUT2D eigenvalue weighted by atomic mass is 32.1. The summed E-state index contributed by atoms with van der Waals surface area (Å²) in [4.78, 5) is 2.01. The Morgan fingerprint density at radius 1 is 1.09 bits per heavy atom. The predicted octanol–water partition coefficient (Wildman–Crippen LogP) is 3.63. The van der Waals surface area contributed by atoms with E-state index in [0.717, 1.165) is 36.6 Å². The van der Waals surface area contributed by atoms with Crippen molar-refractivity contribution < 1.29 is 9.84 Å². The fourth-order valence-corrected chi connectivity index (χ4v) is 2.86. The average molecular weight is 328 g/mol. The Labute approximate surface area is 141 Å². The Morgan fingerprint density at radius 3 is 2.48 bits per heavy atom. The Bertz CT molecular complexity index is 646. The second-order valence-corrected chi connectivity index (χ2v) is 6.00. The van der Waals surface area contributed by atoms with E-state index in [0.29, 0.717) is 11.7 Å². The SMILES string of the molecule is O[C@H]1CCCN(C(=S)Nc2ccc(Oc3ccccc3)cc2)C1. The van der Waals surface area contributed by atoms with Crippen molar-refractivity contribution in [2.24, 2.45) is 0 Å². The van der Waals surface area contributed by atoms with E-state index in [-0.39, 0.29) is 6.10 Å². The van der Waals surface area contributed by atoms with Gasteiger partial charge in [0.25, 0.3) is 0 Å². The number of hydrogen-bond acceptors (Lipinski definition) is 3. The number of aliphatic hydroxyl groups is 1. The smallest absolute Gasteiger partial charge is 0.173 e. The minimum absolute atomic E-state index is 0.287. The van der Waals surface area contributed by atoms with Gasteiger partial charge < -0.3 is 20.1 Å². The highest BCUT2D eigenvalue weighted by Gasteiger charge is 2.19. The van der Waals surface area contributed by atoms with Crippen molar-refractivity contribution in [1.29, 1.82) is 0 Å². The highest BCUT2D eigenvalue weighted by Crippen LogP contribution is 2.23. The molecule has 5 heteroatoms. The number of rotatable bonds is 3. The van der Waals surface area contributed by atoms with Crippen molar-refractivity contribution >= 4 is 23.0 Å². The van der Waals surface area contributed by atoms with Gasteiger partial charge in [-0.15, -0.1) is 0 Å². The topological polar surface area (TPSA) is 44.7 Å². The molecule has 0 bridgehead atoms. The first-order valence-electron chi connectivity index (χ1n) is 7.78. The lowest BCUT2D eigenvalue weighted by Gasteiger charge is -2.32. The largest absolute Gasteiger partial charge is 0.457 e. The standard InChI is InChI=1S/C18H20N2O2S/c21-15-5-4-12-20(13-15)18(23)19-14-8-10-17(11-9-14)22-16-6-2-1-3-7-16/h1-3,6-11,15,21H,4-5,12-13H2,(H,19,23)/t15-/m0/s1. The van der Waals surface area contributed by atoms with Crippen molar-refractivity contribution in [3.63, 3.8) is 0 Å². The van der Waals surface area contributed by atoms with E-state index in [1.807, 2.05) is 59.5 Å². The van der Waals surface area contributed by atoms with E-state index in [1.54, 1.807) is 0 Å². The molecule has 0 aliphatic carbocycles. The van der Waals surface area contributed by atoms with Gasteiger partial charge in [0.05, 0.1) is 6.10 Å². The third-order valence-corrected chi connectivity index (χ3v) is 4.13. The van der Waals surface area contributed by atoms with Crippen LogP contribution in [0.5, 0.6) is 11.5 Å². The van der Waals surface area contributed by atoms with Gasteiger partial charge in [0, 0.05) is 18.8 Å². The van der Waals surface area contributed by atoms with Crippen molar-refractivity contribution in [1.82, 2.24) is 4.90 Å². The average Bonchev–Trinajstić information content (AvgIpc) is 2.57. The molecule has 0 unspecified atom stereocenters. The summed E-state index contributed by atoms with van der Waals surface area (Å²) >= 11 is 5.42. The molecule has 3 rings (SSSR count). The fraction of sp³-hybridized carbons (Fsp3) is 0.278. The van der Waals surface area contributed by atoms with Gasteiger partial charge in [0.1, 0.15) is 11.5 Å². The van der Waals surface area contributed by atoms with Crippen LogP contribution in [0.4, 0.5) is 5.69 Å². The van der Waals surface area contributed by atoms with E-state index in [9.17, 15) is 5.11 Å². The summed E-state index contributed by atoms with van der Waals surface area (Å²) in [6.07, 6.45) is 1.53. The zero-order valence-corrected chi connectivity index (χ0v) is 13.6. The van der Waals surface area contributed by atoms with Crippen LogP contribution >= 0.6 is 12.2 Å². The molecule has 0 saturated carbocycles. The second-order valence-electron chi connectivity index (χ2n) is 5.61. The summed E-state index contributed by atoms with van der Waals surface area (Å²) in [6, 6.07) is 17.4. The molecule has 2 aromatic rings. The number of nitrogens with zero attached hydrogens (tertiary/aromatic N) is 1. The first-order valence-corrected chi connectivity index (χ1v) is 8.18. The van der Waals surface area contributed by atoms with Gasteiger partial charge in [0.2, 0.25) is 0 Å². The maximum Gasteiger partial charge on any atom is 0.173 e. The second kappa shape index (κ2) is 7.44. The maximum atomic E-state index is 9.73. The van der Waals surface area contributed by atoms with E-state index in [2.05, 4.69) is 5.32 Å². The summed E-state index contributed by atoms with van der Waals surface area (Å²) in [5.74, 6) is 1.59. The Kier molecular flexibility index (Phi) is 5.10. The molecule has 0 aromatic heterocycles. The van der Waals surface area contributed by atoms with Gasteiger partial charge in [-0.05, 0) is 61.5 Å². The van der Waals surface area contributed by atoms with Gasteiger partial charge in [-0.2, -0.15) is 0 Å². The van der Waals surface area contributed by atoms with Crippen LogP contribution in [0.3, 0.4) is 0 Å². The van der Waals surface area contributed by atoms with E-state index in [1.165, 1.54) is 0 Å². The molecule has 2 N–H and O–H groups in total. The van der Waals surface area contributed by atoms with Crippen LogP contribution in [-0.2, 0) is 0 Å². The number of hydrogen-bond donors (Lipinski definition) is 2. The molecule has 1 aliphatic heterocycles. The van der Waals surface area contributed by atoms with Crippen molar-refractivity contribution in [2.75, 3.05) is 18.4 Å². The molecule has 0 amide bonds. The Balaban J connectivity index is 1.58. The monoisotopic (exact) mass is 328 g/mol. The van der Waals surface area contributed by atoms with E-state index < -0.39 is 0 Å². The number of β-amino-alcohol motifs (C(OH)–C–C–N with tert-alkyl or cyclic N) is 1. The van der Waals surface area contributed by atoms with Gasteiger partial charge in [-0.3, -0.25) is 0 Å². The number of anilines is 1. The van der Waals surface area contributed by atoms with Crippen LogP contribution in [-0.4, -0.2) is 34.3 Å². The molecular weight excluding hydrogens is 308 g/mol. The minimum Gasteiger partial charge on any atom is -0.457 e. The van der Waals surface area contributed by atoms with Crippen LogP contribution in [0.1, 0.15) is 12.8 Å². The molecular formula is C18H20N2O2S. The molecule has 1 saturated heterocycles. The number of para-hydroxylation sites is 1. The lowest BCUT2D eigenvalue weighted by atomic mass is 10.1. The zero-order chi connectivity index (χ0) is 16.1. The number of likely N-dealkylation sites (tertiary alicyclic amines) is 1. The Hall–Kier alpha value is -2.11. The predicted molar refractivity (Wildman–Crippen MR) is 96.0 cm³/mol. The zero-order valence-electron chi connectivity index (χ0n) is 12.8. The summed E-state index contributed by atoms with van der Waals surface area (Å²) in [5, 5.41) is 13.6. The third kappa shape index (κ3) is 4.43. The molecule has 1 heterocycles. The molecule has 0 spiro atoms. The van der Waals surface area contributed by atoms with Gasteiger partial charge in [-0.25, -0.2) is 0 Å². The number of piperidine rings is 1. The minimum atomic E-state index is -0.287. The number of benzene rings is 2. The summed E-state index contributed by atoms with van der Waals surface area (Å²) in [5.41, 5.74) is 0.912. The number of aliphatic hydroxyl groups excluding tert-OH is 1. The Morgan fingerprint density at radius 2 is 1.78 bits per heavy atom.